The molecule has 0 spiro atoms. The van der Waals surface area contributed by atoms with Gasteiger partial charge in [-0.25, -0.2) is 0 Å². The van der Waals surface area contributed by atoms with Gasteiger partial charge in [-0.05, 0) is 45.2 Å². The lowest BCUT2D eigenvalue weighted by molar-refractivity contribution is 0.899. The molecular weight excluding hydrogens is 256 g/mol. The molecule has 0 aromatic carbocycles. The average molecular weight is 274 g/mol. The Balaban J connectivity index is 3.94. The molecule has 0 bridgehead atoms. The van der Waals surface area contributed by atoms with Crippen LogP contribution in [0.2, 0.25) is 0 Å². The van der Waals surface area contributed by atoms with Crippen LogP contribution in [0.15, 0.2) is 10.2 Å². The molecule has 0 heterocycles. The molecule has 8 heteroatoms. The molecule has 0 saturated heterocycles. The Kier molecular flexibility index (Phi) is 9.17. The Hall–Kier alpha value is -1.28. The lowest BCUT2D eigenvalue weighted by atomic mass is 10.5. The van der Waals surface area contributed by atoms with Gasteiger partial charge in [0.25, 0.3) is 0 Å². The molecule has 0 aliphatic heterocycles. The van der Waals surface area contributed by atoms with Crippen molar-refractivity contribution in [2.75, 3.05) is 13.1 Å². The largest absolute Gasteiger partial charge is 0.362 e. The number of nitrogens with one attached hydrogen (secondary N) is 4. The van der Waals surface area contributed by atoms with E-state index in [0.717, 1.165) is 13.1 Å². The van der Waals surface area contributed by atoms with Crippen molar-refractivity contribution in [2.24, 2.45) is 10.2 Å². The summed E-state index contributed by atoms with van der Waals surface area (Å²) in [4.78, 5) is 0. The third-order valence-electron chi connectivity index (χ3n) is 1.43. The van der Waals surface area contributed by atoms with Gasteiger partial charge in [0.15, 0.2) is 10.2 Å². The highest BCUT2D eigenvalue weighted by Gasteiger charge is 1.91. The second kappa shape index (κ2) is 9.91. The van der Waals surface area contributed by atoms with Gasteiger partial charge in [-0.3, -0.25) is 10.9 Å². The van der Waals surface area contributed by atoms with Crippen molar-refractivity contribution < 1.29 is 0 Å². The summed E-state index contributed by atoms with van der Waals surface area (Å²) in [6.07, 6.45) is 1.55. The highest BCUT2D eigenvalue weighted by molar-refractivity contribution is 7.80. The Morgan fingerprint density at radius 3 is 2.12 bits per heavy atom. The quantitative estimate of drug-likeness (QED) is 0.329. The van der Waals surface area contributed by atoms with Crippen LogP contribution >= 0.6 is 24.4 Å². The summed E-state index contributed by atoms with van der Waals surface area (Å²) in [7, 11) is 0. The molecule has 17 heavy (non-hydrogen) atoms. The van der Waals surface area contributed by atoms with E-state index in [1.807, 2.05) is 13.8 Å². The number of nitrogens with zero attached hydrogens (tertiary/aromatic N) is 2. The first-order valence-electron chi connectivity index (χ1n) is 5.25. The predicted octanol–water partition coefficient (Wildman–Crippen LogP) is 0.316. The molecule has 4 N–H and O–H groups in total. The van der Waals surface area contributed by atoms with Crippen molar-refractivity contribution in [1.82, 2.24) is 21.5 Å². The molecule has 0 aromatic rings. The predicted molar refractivity (Wildman–Crippen MR) is 80.4 cm³/mol. The number of thiocarbonyl (C=S) groups is 2. The first-order chi connectivity index (χ1) is 8.10. The third kappa shape index (κ3) is 9.64. The average Bonchev–Trinajstić information content (AvgIpc) is 2.27. The summed E-state index contributed by atoms with van der Waals surface area (Å²) < 4.78 is 0. The van der Waals surface area contributed by atoms with Gasteiger partial charge in [-0.2, -0.15) is 10.2 Å². The van der Waals surface area contributed by atoms with Crippen molar-refractivity contribution in [2.45, 2.75) is 20.8 Å². The molecule has 96 valence electrons. The van der Waals surface area contributed by atoms with Crippen LogP contribution in [0, 0.1) is 0 Å². The summed E-state index contributed by atoms with van der Waals surface area (Å²) in [5, 5.41) is 14.7. The molecule has 0 rings (SSSR count). The number of hydrogen-bond acceptors (Lipinski definition) is 4. The van der Waals surface area contributed by atoms with E-state index in [9.17, 15) is 0 Å². The molecular formula is C9H18N6S2. The van der Waals surface area contributed by atoms with Gasteiger partial charge in [-0.15, -0.1) is 0 Å². The maximum atomic E-state index is 4.94. The van der Waals surface area contributed by atoms with Crippen LogP contribution in [0.1, 0.15) is 20.8 Å². The van der Waals surface area contributed by atoms with Gasteiger partial charge in [0.1, 0.15) is 0 Å². The van der Waals surface area contributed by atoms with E-state index in [-0.39, 0.29) is 0 Å². The van der Waals surface area contributed by atoms with Gasteiger partial charge in [0.05, 0.1) is 11.9 Å². The van der Waals surface area contributed by atoms with Gasteiger partial charge >= 0.3 is 0 Å². The molecule has 0 amide bonds. The Labute approximate surface area is 112 Å². The lowest BCUT2D eigenvalue weighted by Crippen LogP contribution is -2.33. The van der Waals surface area contributed by atoms with E-state index in [2.05, 4.69) is 31.7 Å². The van der Waals surface area contributed by atoms with Gasteiger partial charge in [0.2, 0.25) is 0 Å². The first-order valence-corrected chi connectivity index (χ1v) is 6.06. The minimum Gasteiger partial charge on any atom is -0.362 e. The molecule has 0 aromatic heterocycles. The minimum absolute atomic E-state index is 0.479. The number of hydrogen-bond donors (Lipinski definition) is 4. The molecule has 0 atom stereocenters. The van der Waals surface area contributed by atoms with Crippen molar-refractivity contribution in [3.8, 4) is 0 Å². The Morgan fingerprint density at radius 1 is 1.06 bits per heavy atom. The molecule has 0 unspecified atom stereocenters. The second-order valence-corrected chi connectivity index (χ2v) is 3.77. The van der Waals surface area contributed by atoms with Crippen LogP contribution < -0.4 is 21.5 Å². The maximum absolute atomic E-state index is 4.94. The summed E-state index contributed by atoms with van der Waals surface area (Å²) in [5.41, 5.74) is 6.03. The number of rotatable bonds is 5. The lowest BCUT2D eigenvalue weighted by Gasteiger charge is -2.04. The van der Waals surface area contributed by atoms with Gasteiger partial charge in [-0.1, -0.05) is 0 Å². The monoisotopic (exact) mass is 274 g/mol. The van der Waals surface area contributed by atoms with E-state index in [1.54, 1.807) is 13.1 Å². The highest BCUT2D eigenvalue weighted by atomic mass is 32.1. The zero-order valence-corrected chi connectivity index (χ0v) is 11.8. The normalized spacial score (nSPS) is 11.1. The van der Waals surface area contributed by atoms with Crippen LogP contribution in [0.3, 0.4) is 0 Å². The van der Waals surface area contributed by atoms with Crippen LogP contribution in [0.25, 0.3) is 0 Å². The third-order valence-corrected chi connectivity index (χ3v) is 1.90. The highest BCUT2D eigenvalue weighted by Crippen LogP contribution is 1.73. The Morgan fingerprint density at radius 2 is 1.59 bits per heavy atom. The topological polar surface area (TPSA) is 72.8 Å². The van der Waals surface area contributed by atoms with E-state index < -0.39 is 0 Å². The standard InChI is InChI=1S/C9H18N6S2/c1-4-10-8(16)14-12-6-7(3)13-15-9(17)11-5-2/h6H,4-5H2,1-3H3,(H2,10,14,16)(H2,11,15,17)/b12-6-,13-7-. The van der Waals surface area contributed by atoms with Crippen LogP contribution in [0.5, 0.6) is 0 Å². The second-order valence-electron chi connectivity index (χ2n) is 2.95. The fraction of sp³-hybridized carbons (Fsp3) is 0.556. The number of hydrazone groups is 2. The van der Waals surface area contributed by atoms with Crippen LogP contribution in [-0.2, 0) is 0 Å². The molecule has 0 aliphatic rings. The summed E-state index contributed by atoms with van der Waals surface area (Å²) in [6.45, 7) is 7.22. The fourth-order valence-corrected chi connectivity index (χ4v) is 1.14. The van der Waals surface area contributed by atoms with Crippen LogP contribution in [0.4, 0.5) is 0 Å². The Bertz CT molecular complexity index is 313. The molecule has 0 radical (unpaired) electrons. The SMILES string of the molecule is CCNC(=S)N/N=C\C(C)=N/NC(=S)NCC. The smallest absolute Gasteiger partial charge is 0.186 e. The molecule has 0 aliphatic carbocycles. The van der Waals surface area contributed by atoms with Gasteiger partial charge in [0, 0.05) is 13.1 Å². The zero-order chi connectivity index (χ0) is 13.1. The van der Waals surface area contributed by atoms with E-state index in [4.69, 9.17) is 24.4 Å². The molecule has 0 saturated carbocycles. The van der Waals surface area contributed by atoms with E-state index >= 15 is 0 Å². The van der Waals surface area contributed by atoms with Crippen molar-refractivity contribution >= 4 is 46.6 Å². The van der Waals surface area contributed by atoms with E-state index in [1.165, 1.54) is 0 Å². The molecule has 0 fully saturated rings. The summed E-state index contributed by atoms with van der Waals surface area (Å²) in [6, 6.07) is 0. The summed E-state index contributed by atoms with van der Waals surface area (Å²) >= 11 is 9.86. The minimum atomic E-state index is 0.479. The maximum Gasteiger partial charge on any atom is 0.186 e. The van der Waals surface area contributed by atoms with Crippen LogP contribution in [-0.4, -0.2) is 35.2 Å². The summed E-state index contributed by atoms with van der Waals surface area (Å²) in [5.74, 6) is 0. The van der Waals surface area contributed by atoms with Gasteiger partial charge < -0.3 is 10.6 Å². The first kappa shape index (κ1) is 15.7. The zero-order valence-electron chi connectivity index (χ0n) is 10.2. The van der Waals surface area contributed by atoms with Crippen molar-refractivity contribution in [3.63, 3.8) is 0 Å². The van der Waals surface area contributed by atoms with Crippen molar-refractivity contribution in [3.05, 3.63) is 0 Å². The van der Waals surface area contributed by atoms with Crippen molar-refractivity contribution in [1.29, 1.82) is 0 Å². The van der Waals surface area contributed by atoms with E-state index in [0.29, 0.717) is 15.9 Å². The molecule has 6 nitrogen and oxygen atoms in total. The fourth-order valence-electron chi connectivity index (χ4n) is 0.752.